The normalized spacial score (nSPS) is 10.0. The Morgan fingerprint density at radius 1 is 1.35 bits per heavy atom. The van der Waals surface area contributed by atoms with E-state index in [4.69, 9.17) is 10.5 Å². The van der Waals surface area contributed by atoms with Crippen LogP contribution in [0.25, 0.3) is 0 Å². The Bertz CT molecular complexity index is 336. The van der Waals surface area contributed by atoms with Crippen LogP contribution in [0.3, 0.4) is 0 Å². The summed E-state index contributed by atoms with van der Waals surface area (Å²) >= 11 is 0. The number of carbonyl (C=O) groups excluding carboxylic acids is 1. The maximum absolute atomic E-state index is 11.0. The van der Waals surface area contributed by atoms with Crippen molar-refractivity contribution in [2.24, 2.45) is 5.73 Å². The highest BCUT2D eigenvalue weighted by molar-refractivity contribution is 5.75. The number of ether oxygens (including phenoxy) is 1. The van der Waals surface area contributed by atoms with Crippen LogP contribution in [-0.4, -0.2) is 26.1 Å². The molecular weight excluding hydrogens is 216 g/mol. The molecule has 17 heavy (non-hydrogen) atoms. The summed E-state index contributed by atoms with van der Waals surface area (Å²) in [5.41, 5.74) is 6.68. The molecule has 1 aromatic carbocycles. The molecule has 1 rings (SSSR count). The van der Waals surface area contributed by atoms with Gasteiger partial charge in [-0.2, -0.15) is 0 Å². The molecule has 0 heterocycles. The van der Waals surface area contributed by atoms with Gasteiger partial charge in [0.25, 0.3) is 0 Å². The summed E-state index contributed by atoms with van der Waals surface area (Å²) in [6, 6.07) is 7.90. The maximum atomic E-state index is 11.0. The average molecular weight is 236 g/mol. The van der Waals surface area contributed by atoms with Crippen LogP contribution in [0.5, 0.6) is 5.75 Å². The number of hydrogen-bond donors (Lipinski definition) is 2. The predicted octanol–water partition coefficient (Wildman–Crippen LogP) is 1.09. The third-order valence-corrected chi connectivity index (χ3v) is 2.45. The van der Waals surface area contributed by atoms with E-state index >= 15 is 0 Å². The lowest BCUT2D eigenvalue weighted by Gasteiger charge is -2.06. The van der Waals surface area contributed by atoms with Gasteiger partial charge in [-0.1, -0.05) is 12.1 Å². The molecule has 94 valence electrons. The van der Waals surface area contributed by atoms with E-state index in [0.29, 0.717) is 19.6 Å². The van der Waals surface area contributed by atoms with Crippen molar-refractivity contribution in [3.8, 4) is 5.75 Å². The zero-order valence-electron chi connectivity index (χ0n) is 10.2. The molecule has 0 radical (unpaired) electrons. The van der Waals surface area contributed by atoms with Crippen molar-refractivity contribution in [3.63, 3.8) is 0 Å². The first-order valence-electron chi connectivity index (χ1n) is 5.88. The largest absolute Gasteiger partial charge is 0.494 e. The van der Waals surface area contributed by atoms with Gasteiger partial charge >= 0.3 is 0 Å². The lowest BCUT2D eigenvalue weighted by atomic mass is 10.1. The molecule has 0 bridgehead atoms. The first-order chi connectivity index (χ1) is 8.26. The molecule has 0 fully saturated rings. The van der Waals surface area contributed by atoms with Gasteiger partial charge in [0.1, 0.15) is 5.75 Å². The van der Waals surface area contributed by atoms with E-state index in [2.05, 4.69) is 5.32 Å². The number of hydrogen-bond acceptors (Lipinski definition) is 3. The van der Waals surface area contributed by atoms with E-state index in [0.717, 1.165) is 18.6 Å². The minimum Gasteiger partial charge on any atom is -0.494 e. The molecule has 0 aromatic heterocycles. The van der Waals surface area contributed by atoms with Crippen molar-refractivity contribution in [1.29, 1.82) is 0 Å². The lowest BCUT2D eigenvalue weighted by molar-refractivity contribution is -0.120. The molecule has 0 saturated carbocycles. The van der Waals surface area contributed by atoms with Gasteiger partial charge in [-0.05, 0) is 37.1 Å². The van der Waals surface area contributed by atoms with Crippen LogP contribution < -0.4 is 15.8 Å². The van der Waals surface area contributed by atoms with Crippen molar-refractivity contribution in [2.75, 3.05) is 20.2 Å². The smallest absolute Gasteiger partial charge is 0.219 e. The van der Waals surface area contributed by atoms with Gasteiger partial charge in [0.15, 0.2) is 0 Å². The van der Waals surface area contributed by atoms with Gasteiger partial charge < -0.3 is 15.8 Å². The zero-order valence-corrected chi connectivity index (χ0v) is 10.2. The van der Waals surface area contributed by atoms with E-state index in [9.17, 15) is 4.79 Å². The van der Waals surface area contributed by atoms with E-state index in [1.54, 1.807) is 7.05 Å². The molecule has 0 spiro atoms. The molecule has 0 aliphatic rings. The summed E-state index contributed by atoms with van der Waals surface area (Å²) in [4.78, 5) is 11.0. The summed E-state index contributed by atoms with van der Waals surface area (Å²) in [6.45, 7) is 1.22. The van der Waals surface area contributed by atoms with E-state index in [1.165, 1.54) is 5.56 Å². The van der Waals surface area contributed by atoms with Gasteiger partial charge in [-0.15, -0.1) is 0 Å². The molecule has 0 aliphatic carbocycles. The fraction of sp³-hybridized carbons (Fsp3) is 0.462. The third-order valence-electron chi connectivity index (χ3n) is 2.45. The topological polar surface area (TPSA) is 64.3 Å². The quantitative estimate of drug-likeness (QED) is 0.697. The molecule has 1 aromatic rings. The minimum atomic E-state index is 0.0480. The van der Waals surface area contributed by atoms with Gasteiger partial charge in [0.05, 0.1) is 6.61 Å². The molecule has 4 nitrogen and oxygen atoms in total. The van der Waals surface area contributed by atoms with E-state index < -0.39 is 0 Å². The van der Waals surface area contributed by atoms with Crippen LogP contribution in [0.2, 0.25) is 0 Å². The van der Waals surface area contributed by atoms with Crippen molar-refractivity contribution < 1.29 is 9.53 Å². The Kier molecular flexibility index (Phi) is 6.10. The fourth-order valence-electron chi connectivity index (χ4n) is 1.47. The predicted molar refractivity (Wildman–Crippen MR) is 68.0 cm³/mol. The van der Waals surface area contributed by atoms with Crippen molar-refractivity contribution in [2.45, 2.75) is 19.3 Å². The summed E-state index contributed by atoms with van der Waals surface area (Å²) in [6.07, 6.45) is 2.11. The van der Waals surface area contributed by atoms with E-state index in [1.807, 2.05) is 24.3 Å². The van der Waals surface area contributed by atoms with Gasteiger partial charge in [-0.25, -0.2) is 0 Å². The SMILES string of the molecule is CNC(=O)CCCOc1ccc(CCN)cc1. The van der Waals surface area contributed by atoms with Crippen molar-refractivity contribution in [1.82, 2.24) is 5.32 Å². The van der Waals surface area contributed by atoms with Crippen LogP contribution in [0.4, 0.5) is 0 Å². The molecule has 0 atom stereocenters. The Hall–Kier alpha value is -1.55. The van der Waals surface area contributed by atoms with Crippen LogP contribution in [0.15, 0.2) is 24.3 Å². The van der Waals surface area contributed by atoms with Crippen LogP contribution in [0, 0.1) is 0 Å². The molecule has 1 amide bonds. The van der Waals surface area contributed by atoms with E-state index in [-0.39, 0.29) is 5.91 Å². The first-order valence-corrected chi connectivity index (χ1v) is 5.88. The standard InChI is InChI=1S/C13H20N2O2/c1-15-13(16)3-2-10-17-12-6-4-11(5-7-12)8-9-14/h4-7H,2-3,8-10,14H2,1H3,(H,15,16). The van der Waals surface area contributed by atoms with Crippen molar-refractivity contribution >= 4 is 5.91 Å². The molecule has 0 unspecified atom stereocenters. The van der Waals surface area contributed by atoms with Crippen LogP contribution in [-0.2, 0) is 11.2 Å². The number of amides is 1. The second kappa shape index (κ2) is 7.68. The highest BCUT2D eigenvalue weighted by Gasteiger charge is 1.98. The second-order valence-corrected chi connectivity index (χ2v) is 3.81. The summed E-state index contributed by atoms with van der Waals surface area (Å²) in [5, 5.41) is 2.58. The number of nitrogens with two attached hydrogens (primary N) is 1. The Morgan fingerprint density at radius 2 is 2.06 bits per heavy atom. The van der Waals surface area contributed by atoms with Crippen LogP contribution >= 0.6 is 0 Å². The number of carbonyl (C=O) groups is 1. The molecule has 3 N–H and O–H groups in total. The average Bonchev–Trinajstić information content (AvgIpc) is 2.36. The second-order valence-electron chi connectivity index (χ2n) is 3.81. The molecular formula is C13H20N2O2. The lowest BCUT2D eigenvalue weighted by Crippen LogP contribution is -2.18. The Labute approximate surface area is 102 Å². The highest BCUT2D eigenvalue weighted by atomic mass is 16.5. The fourth-order valence-corrected chi connectivity index (χ4v) is 1.47. The summed E-state index contributed by atoms with van der Waals surface area (Å²) < 4.78 is 5.52. The van der Waals surface area contributed by atoms with Gasteiger partial charge in [0.2, 0.25) is 5.91 Å². The Balaban J connectivity index is 2.25. The minimum absolute atomic E-state index is 0.0480. The van der Waals surface area contributed by atoms with Gasteiger partial charge in [-0.3, -0.25) is 4.79 Å². The number of benzene rings is 1. The first kappa shape index (κ1) is 13.5. The zero-order chi connectivity index (χ0) is 12.5. The highest BCUT2D eigenvalue weighted by Crippen LogP contribution is 2.12. The monoisotopic (exact) mass is 236 g/mol. The Morgan fingerprint density at radius 3 is 2.65 bits per heavy atom. The summed E-state index contributed by atoms with van der Waals surface area (Å²) in [7, 11) is 1.64. The van der Waals surface area contributed by atoms with Gasteiger partial charge in [0, 0.05) is 13.5 Å². The maximum Gasteiger partial charge on any atom is 0.219 e. The molecule has 0 saturated heterocycles. The molecule has 4 heteroatoms. The number of nitrogens with one attached hydrogen (secondary N) is 1. The molecule has 0 aliphatic heterocycles. The number of rotatable bonds is 7. The summed E-state index contributed by atoms with van der Waals surface area (Å²) in [5.74, 6) is 0.884. The third kappa shape index (κ3) is 5.36. The van der Waals surface area contributed by atoms with Crippen molar-refractivity contribution in [3.05, 3.63) is 29.8 Å². The van der Waals surface area contributed by atoms with Crippen LogP contribution in [0.1, 0.15) is 18.4 Å².